The molecule has 2 aliphatic heterocycles. The van der Waals surface area contributed by atoms with Crippen molar-refractivity contribution in [3.8, 4) is 0 Å². The highest BCUT2D eigenvalue weighted by molar-refractivity contribution is 7.80. The highest BCUT2D eigenvalue weighted by atomic mass is 35.5. The number of hydrogen-bond donors (Lipinski definition) is 1. The van der Waals surface area contributed by atoms with Crippen LogP contribution < -0.4 is 5.32 Å². The average Bonchev–Trinajstić information content (AvgIpc) is 2.85. The Balaban J connectivity index is 1.18. The number of hydrogen-bond acceptors (Lipinski definition) is 4. The van der Waals surface area contributed by atoms with Crippen LogP contribution in [0, 0.1) is 0 Å². The smallest absolute Gasteiger partial charge is 0.261 e. The fourth-order valence-corrected chi connectivity index (χ4v) is 5.13. The molecule has 1 N–H and O–H groups in total. The van der Waals surface area contributed by atoms with Gasteiger partial charge < -0.3 is 10.2 Å². The van der Waals surface area contributed by atoms with Gasteiger partial charge in [0.25, 0.3) is 11.8 Å². The number of piperazine rings is 1. The fraction of sp³-hybridized carbons (Fsp3) is 0.240. The molecule has 0 unspecified atom stereocenters. The largest absolute Gasteiger partial charge is 0.346 e. The maximum atomic E-state index is 13.1. The number of nitrogens with zero attached hydrogens (tertiary/aromatic N) is 3. The summed E-state index contributed by atoms with van der Waals surface area (Å²) in [4.78, 5) is 31.9. The molecular formula is C25H22Cl2N4O2S. The topological polar surface area (TPSA) is 55.9 Å². The molecular weight excluding hydrogens is 491 g/mol. The van der Waals surface area contributed by atoms with Crippen LogP contribution in [0.25, 0.3) is 10.8 Å². The molecule has 0 radical (unpaired) electrons. The molecule has 1 fully saturated rings. The number of amides is 2. The van der Waals surface area contributed by atoms with E-state index >= 15 is 0 Å². The SMILES string of the molecule is O=C1c2cccc3cccc(c23)C(=O)N1CCN1CCN(C(=S)Nc2cccc(Cl)c2Cl)CC1. The molecule has 0 aromatic heterocycles. The number of carbonyl (C=O) groups excluding carboxylic acids is 2. The first-order valence-electron chi connectivity index (χ1n) is 11.0. The van der Waals surface area contributed by atoms with Crippen molar-refractivity contribution < 1.29 is 9.59 Å². The van der Waals surface area contributed by atoms with E-state index in [-0.39, 0.29) is 11.8 Å². The van der Waals surface area contributed by atoms with Crippen molar-refractivity contribution >= 4 is 68.8 Å². The zero-order valence-corrected chi connectivity index (χ0v) is 20.6. The molecule has 0 atom stereocenters. The number of imide groups is 1. The van der Waals surface area contributed by atoms with Gasteiger partial charge in [-0.25, -0.2) is 0 Å². The van der Waals surface area contributed by atoms with Gasteiger partial charge in [0, 0.05) is 55.8 Å². The van der Waals surface area contributed by atoms with Crippen LogP contribution >= 0.6 is 35.4 Å². The van der Waals surface area contributed by atoms with Crippen molar-refractivity contribution in [2.24, 2.45) is 0 Å². The Bertz CT molecular complexity index is 1260. The molecule has 2 heterocycles. The predicted molar refractivity (Wildman–Crippen MR) is 140 cm³/mol. The Morgan fingerprint density at radius 3 is 2.12 bits per heavy atom. The fourth-order valence-electron chi connectivity index (χ4n) is 4.49. The Morgan fingerprint density at radius 1 is 0.853 bits per heavy atom. The number of thiocarbonyl (C=S) groups is 1. The molecule has 1 saturated heterocycles. The second-order valence-corrected chi connectivity index (χ2v) is 9.50. The second kappa shape index (κ2) is 9.50. The van der Waals surface area contributed by atoms with Crippen LogP contribution in [0.2, 0.25) is 10.0 Å². The van der Waals surface area contributed by atoms with Gasteiger partial charge in [-0.05, 0) is 41.9 Å². The standard InChI is InChI=1S/C25H22Cl2N4O2S/c26-19-8-3-9-20(22(19)27)28-25(34)30-13-10-29(11-14-30)12-15-31-23(32)17-6-1-4-16-5-2-7-18(21(16)17)24(31)33/h1-9H,10-15H2,(H,28,34). The van der Waals surface area contributed by atoms with E-state index in [4.69, 9.17) is 35.4 Å². The Labute approximate surface area is 213 Å². The third-order valence-corrected chi connectivity index (χ3v) is 7.53. The Morgan fingerprint density at radius 2 is 1.47 bits per heavy atom. The zero-order chi connectivity index (χ0) is 23.8. The molecule has 0 spiro atoms. The third kappa shape index (κ3) is 4.25. The van der Waals surface area contributed by atoms with Crippen molar-refractivity contribution in [1.82, 2.24) is 14.7 Å². The quantitative estimate of drug-likeness (QED) is 0.401. The normalized spacial score (nSPS) is 16.3. The maximum absolute atomic E-state index is 13.1. The number of carbonyl (C=O) groups is 2. The van der Waals surface area contributed by atoms with Gasteiger partial charge in [0.1, 0.15) is 0 Å². The van der Waals surface area contributed by atoms with Gasteiger partial charge >= 0.3 is 0 Å². The highest BCUT2D eigenvalue weighted by Crippen LogP contribution is 2.31. The van der Waals surface area contributed by atoms with E-state index in [9.17, 15) is 9.59 Å². The summed E-state index contributed by atoms with van der Waals surface area (Å²) in [6, 6.07) is 16.6. The Kier molecular flexibility index (Phi) is 6.44. The first-order chi connectivity index (χ1) is 16.4. The minimum absolute atomic E-state index is 0.225. The van der Waals surface area contributed by atoms with Gasteiger partial charge in [0.2, 0.25) is 0 Å². The molecule has 0 aliphatic carbocycles. The van der Waals surface area contributed by atoms with Crippen molar-refractivity contribution in [3.63, 3.8) is 0 Å². The second-order valence-electron chi connectivity index (χ2n) is 8.33. The van der Waals surface area contributed by atoms with E-state index in [1.165, 1.54) is 4.90 Å². The van der Waals surface area contributed by atoms with Crippen molar-refractivity contribution in [3.05, 3.63) is 75.8 Å². The van der Waals surface area contributed by atoms with Crippen LogP contribution in [0.5, 0.6) is 0 Å². The van der Waals surface area contributed by atoms with Gasteiger partial charge in [-0.3, -0.25) is 19.4 Å². The van der Waals surface area contributed by atoms with Crippen LogP contribution in [0.3, 0.4) is 0 Å². The lowest BCUT2D eigenvalue weighted by molar-refractivity contribution is 0.0583. The van der Waals surface area contributed by atoms with Crippen LogP contribution in [0.1, 0.15) is 20.7 Å². The summed E-state index contributed by atoms with van der Waals surface area (Å²) in [6.07, 6.45) is 0. The summed E-state index contributed by atoms with van der Waals surface area (Å²) in [5, 5.41) is 6.35. The minimum Gasteiger partial charge on any atom is -0.346 e. The average molecular weight is 513 g/mol. The van der Waals surface area contributed by atoms with Gasteiger partial charge in [-0.15, -0.1) is 0 Å². The lowest BCUT2D eigenvalue weighted by Gasteiger charge is -2.37. The van der Waals surface area contributed by atoms with Gasteiger partial charge in [-0.1, -0.05) is 53.5 Å². The van der Waals surface area contributed by atoms with E-state index < -0.39 is 0 Å². The molecule has 9 heteroatoms. The molecule has 2 amide bonds. The number of benzene rings is 3. The van der Waals surface area contributed by atoms with E-state index in [1.807, 2.05) is 36.4 Å². The minimum atomic E-state index is -0.225. The molecule has 34 heavy (non-hydrogen) atoms. The van der Waals surface area contributed by atoms with E-state index in [2.05, 4.69) is 15.1 Å². The Hall–Kier alpha value is -2.71. The third-order valence-electron chi connectivity index (χ3n) is 6.35. The lowest BCUT2D eigenvalue weighted by Crippen LogP contribution is -2.52. The molecule has 0 saturated carbocycles. The van der Waals surface area contributed by atoms with Crippen LogP contribution in [-0.4, -0.2) is 70.9 Å². The van der Waals surface area contributed by atoms with Crippen molar-refractivity contribution in [1.29, 1.82) is 0 Å². The van der Waals surface area contributed by atoms with Gasteiger partial charge in [-0.2, -0.15) is 0 Å². The summed E-state index contributed by atoms with van der Waals surface area (Å²) in [5.41, 5.74) is 1.86. The first-order valence-corrected chi connectivity index (χ1v) is 12.2. The van der Waals surface area contributed by atoms with E-state index in [0.29, 0.717) is 45.1 Å². The monoisotopic (exact) mass is 512 g/mol. The molecule has 0 bridgehead atoms. The number of nitrogens with one attached hydrogen (secondary N) is 1. The number of rotatable bonds is 4. The molecule has 174 valence electrons. The van der Waals surface area contributed by atoms with Crippen LogP contribution in [-0.2, 0) is 0 Å². The van der Waals surface area contributed by atoms with Gasteiger partial charge in [0.15, 0.2) is 5.11 Å². The molecule has 3 aromatic rings. The summed E-state index contributed by atoms with van der Waals surface area (Å²) in [5.74, 6) is -0.451. The highest BCUT2D eigenvalue weighted by Gasteiger charge is 2.33. The first kappa shape index (κ1) is 23.1. The zero-order valence-electron chi connectivity index (χ0n) is 18.3. The van der Waals surface area contributed by atoms with Crippen molar-refractivity contribution in [2.45, 2.75) is 0 Å². The molecule has 6 nitrogen and oxygen atoms in total. The number of halogens is 2. The molecule has 5 rings (SSSR count). The van der Waals surface area contributed by atoms with E-state index in [1.54, 1.807) is 18.2 Å². The van der Waals surface area contributed by atoms with Crippen molar-refractivity contribution in [2.75, 3.05) is 44.6 Å². The van der Waals surface area contributed by atoms with E-state index in [0.717, 1.165) is 37.0 Å². The molecule has 2 aliphatic rings. The predicted octanol–water partition coefficient (Wildman–Crippen LogP) is 4.76. The van der Waals surface area contributed by atoms with Crippen LogP contribution in [0.15, 0.2) is 54.6 Å². The maximum Gasteiger partial charge on any atom is 0.261 e. The molecule has 3 aromatic carbocycles. The summed E-state index contributed by atoms with van der Waals surface area (Å²) in [7, 11) is 0. The lowest BCUT2D eigenvalue weighted by atomic mass is 9.94. The number of anilines is 1. The van der Waals surface area contributed by atoms with Gasteiger partial charge in [0.05, 0.1) is 15.7 Å². The van der Waals surface area contributed by atoms with Crippen LogP contribution in [0.4, 0.5) is 5.69 Å². The summed E-state index contributed by atoms with van der Waals surface area (Å²) >= 11 is 17.9. The summed E-state index contributed by atoms with van der Waals surface area (Å²) < 4.78 is 0. The summed E-state index contributed by atoms with van der Waals surface area (Å²) in [6.45, 7) is 3.97.